The summed E-state index contributed by atoms with van der Waals surface area (Å²) in [4.78, 5) is 26.0. The molecule has 24 heavy (non-hydrogen) atoms. The van der Waals surface area contributed by atoms with Crippen molar-refractivity contribution in [3.63, 3.8) is 0 Å². The second-order valence-electron chi connectivity index (χ2n) is 5.69. The van der Waals surface area contributed by atoms with E-state index in [1.807, 2.05) is 0 Å². The highest BCUT2D eigenvalue weighted by Gasteiger charge is 2.29. The molecule has 1 aromatic heterocycles. The number of nitrogens with zero attached hydrogens (tertiary/aromatic N) is 1. The maximum atomic E-state index is 12.7. The van der Waals surface area contributed by atoms with E-state index in [2.05, 4.69) is 5.32 Å². The normalized spacial score (nSPS) is 17.2. The first-order chi connectivity index (χ1) is 11.2. The molecule has 7 nitrogen and oxygen atoms in total. The molecule has 1 fully saturated rings. The maximum absolute atomic E-state index is 12.7. The van der Waals surface area contributed by atoms with Gasteiger partial charge in [0.05, 0.1) is 0 Å². The summed E-state index contributed by atoms with van der Waals surface area (Å²) in [5.41, 5.74) is 5.37. The molecule has 8 heteroatoms. The standard InChI is InChI=1S/C16H25N3O4.ClH/c1-22-11-13-5-6-14(23-13)16(21)19-9-3-2-4-12(19)10-18-15(20)7-8-17;/h5-6,12H,2-4,7-11,17H2,1H3,(H,18,20);1H. The number of furan rings is 1. The average Bonchev–Trinajstić information content (AvgIpc) is 3.02. The Labute approximate surface area is 148 Å². The van der Waals surface area contributed by atoms with Crippen LogP contribution in [0.15, 0.2) is 16.5 Å². The van der Waals surface area contributed by atoms with Crippen molar-refractivity contribution in [2.45, 2.75) is 38.3 Å². The van der Waals surface area contributed by atoms with Crippen LogP contribution in [0.5, 0.6) is 0 Å². The molecule has 136 valence electrons. The van der Waals surface area contributed by atoms with Gasteiger partial charge in [-0.3, -0.25) is 9.59 Å². The van der Waals surface area contributed by atoms with Gasteiger partial charge in [-0.05, 0) is 31.4 Å². The van der Waals surface area contributed by atoms with Crippen LogP contribution in [0.25, 0.3) is 0 Å². The van der Waals surface area contributed by atoms with Crippen LogP contribution in [0, 0.1) is 0 Å². The molecule has 0 spiro atoms. The SMILES string of the molecule is COCc1ccc(C(=O)N2CCCCC2CNC(=O)CCN)o1.Cl. The number of nitrogens with two attached hydrogens (primary N) is 1. The molecule has 2 rings (SSSR count). The van der Waals surface area contributed by atoms with Crippen LogP contribution in [0.4, 0.5) is 0 Å². The summed E-state index contributed by atoms with van der Waals surface area (Å²) < 4.78 is 10.5. The van der Waals surface area contributed by atoms with Gasteiger partial charge >= 0.3 is 0 Å². The van der Waals surface area contributed by atoms with Crippen molar-refractivity contribution in [2.75, 3.05) is 26.7 Å². The zero-order valence-corrected chi connectivity index (χ0v) is 14.8. The van der Waals surface area contributed by atoms with E-state index in [1.54, 1.807) is 24.1 Å². The molecule has 0 bridgehead atoms. The molecule has 1 saturated heterocycles. The molecular formula is C16H26ClN3O4. The van der Waals surface area contributed by atoms with Gasteiger partial charge < -0.3 is 25.1 Å². The zero-order valence-electron chi connectivity index (χ0n) is 14.0. The van der Waals surface area contributed by atoms with Crippen LogP contribution in [-0.2, 0) is 16.1 Å². The van der Waals surface area contributed by atoms with Crippen LogP contribution in [0.2, 0.25) is 0 Å². The van der Waals surface area contributed by atoms with Crippen LogP contribution in [-0.4, -0.2) is 49.5 Å². The molecule has 1 atom stereocenters. The van der Waals surface area contributed by atoms with Crippen molar-refractivity contribution in [2.24, 2.45) is 5.73 Å². The van der Waals surface area contributed by atoms with Crippen molar-refractivity contribution in [3.8, 4) is 0 Å². The third-order valence-corrected chi connectivity index (χ3v) is 3.95. The number of carbonyl (C=O) groups excluding carboxylic acids is 2. The molecule has 1 aliphatic rings. The number of amides is 2. The number of carbonyl (C=O) groups is 2. The predicted molar refractivity (Wildman–Crippen MR) is 92.0 cm³/mol. The lowest BCUT2D eigenvalue weighted by Gasteiger charge is -2.35. The monoisotopic (exact) mass is 359 g/mol. The summed E-state index contributed by atoms with van der Waals surface area (Å²) in [5, 5.41) is 2.85. The van der Waals surface area contributed by atoms with E-state index < -0.39 is 0 Å². The van der Waals surface area contributed by atoms with E-state index in [-0.39, 0.29) is 30.3 Å². The average molecular weight is 360 g/mol. The van der Waals surface area contributed by atoms with E-state index in [4.69, 9.17) is 14.9 Å². The number of halogens is 1. The van der Waals surface area contributed by atoms with E-state index in [0.717, 1.165) is 19.3 Å². The number of ether oxygens (including phenoxy) is 1. The Morgan fingerprint density at radius 1 is 1.42 bits per heavy atom. The summed E-state index contributed by atoms with van der Waals surface area (Å²) >= 11 is 0. The molecule has 3 N–H and O–H groups in total. The minimum atomic E-state index is -0.134. The first-order valence-electron chi connectivity index (χ1n) is 8.01. The molecule has 2 amide bonds. The van der Waals surface area contributed by atoms with Gasteiger partial charge in [-0.15, -0.1) is 12.4 Å². The smallest absolute Gasteiger partial charge is 0.289 e. The van der Waals surface area contributed by atoms with Crippen LogP contribution in [0.3, 0.4) is 0 Å². The van der Waals surface area contributed by atoms with Crippen LogP contribution < -0.4 is 11.1 Å². The fourth-order valence-corrected chi connectivity index (χ4v) is 2.79. The van der Waals surface area contributed by atoms with Crippen molar-refractivity contribution in [3.05, 3.63) is 23.7 Å². The Bertz CT molecular complexity index is 535. The first-order valence-corrected chi connectivity index (χ1v) is 8.01. The lowest BCUT2D eigenvalue weighted by atomic mass is 10.0. The Balaban J connectivity index is 0.00000288. The third kappa shape index (κ3) is 5.51. The fourth-order valence-electron chi connectivity index (χ4n) is 2.79. The maximum Gasteiger partial charge on any atom is 0.289 e. The molecule has 0 saturated carbocycles. The second kappa shape index (κ2) is 10.3. The highest BCUT2D eigenvalue weighted by atomic mass is 35.5. The Morgan fingerprint density at radius 3 is 2.92 bits per heavy atom. The van der Waals surface area contributed by atoms with E-state index in [0.29, 0.717) is 44.2 Å². The van der Waals surface area contributed by atoms with Crippen LogP contribution in [0.1, 0.15) is 42.0 Å². The Hall–Kier alpha value is -1.57. The fraction of sp³-hybridized carbons (Fsp3) is 0.625. The minimum Gasteiger partial charge on any atom is -0.453 e. The van der Waals surface area contributed by atoms with E-state index >= 15 is 0 Å². The van der Waals surface area contributed by atoms with Gasteiger partial charge in [-0.2, -0.15) is 0 Å². The molecular weight excluding hydrogens is 334 g/mol. The number of hydrogen-bond donors (Lipinski definition) is 2. The number of nitrogens with one attached hydrogen (secondary N) is 1. The quantitative estimate of drug-likeness (QED) is 0.764. The summed E-state index contributed by atoms with van der Waals surface area (Å²) in [7, 11) is 1.58. The summed E-state index contributed by atoms with van der Waals surface area (Å²) in [6.07, 6.45) is 3.19. The van der Waals surface area contributed by atoms with Gasteiger partial charge in [0.2, 0.25) is 5.91 Å². The minimum absolute atomic E-state index is 0. The number of rotatable bonds is 7. The molecule has 0 radical (unpaired) electrons. The summed E-state index contributed by atoms with van der Waals surface area (Å²) in [6.45, 7) is 1.80. The van der Waals surface area contributed by atoms with Gasteiger partial charge in [0.15, 0.2) is 5.76 Å². The molecule has 2 heterocycles. The van der Waals surface area contributed by atoms with Crippen molar-refractivity contribution < 1.29 is 18.7 Å². The molecule has 1 aliphatic heterocycles. The number of hydrogen-bond acceptors (Lipinski definition) is 5. The van der Waals surface area contributed by atoms with Gasteiger partial charge in [-0.1, -0.05) is 0 Å². The molecule has 1 aromatic rings. The first kappa shape index (κ1) is 20.5. The molecule has 0 aliphatic carbocycles. The predicted octanol–water partition coefficient (Wildman–Crippen LogP) is 1.31. The third-order valence-electron chi connectivity index (χ3n) is 3.95. The number of methoxy groups -OCH3 is 1. The summed E-state index contributed by atoms with van der Waals surface area (Å²) in [5.74, 6) is 0.730. The highest BCUT2D eigenvalue weighted by molar-refractivity contribution is 5.92. The second-order valence-corrected chi connectivity index (χ2v) is 5.69. The molecule has 0 aromatic carbocycles. The lowest BCUT2D eigenvalue weighted by molar-refractivity contribution is -0.121. The largest absolute Gasteiger partial charge is 0.453 e. The van der Waals surface area contributed by atoms with Gasteiger partial charge in [0.1, 0.15) is 12.4 Å². The highest BCUT2D eigenvalue weighted by Crippen LogP contribution is 2.20. The topological polar surface area (TPSA) is 97.8 Å². The zero-order chi connectivity index (χ0) is 16.7. The summed E-state index contributed by atoms with van der Waals surface area (Å²) in [6, 6.07) is 3.42. The van der Waals surface area contributed by atoms with Crippen molar-refractivity contribution >= 4 is 24.2 Å². The molecule has 1 unspecified atom stereocenters. The van der Waals surface area contributed by atoms with Gasteiger partial charge in [-0.25, -0.2) is 0 Å². The number of piperidine rings is 1. The lowest BCUT2D eigenvalue weighted by Crippen LogP contribution is -2.49. The van der Waals surface area contributed by atoms with Crippen molar-refractivity contribution in [1.82, 2.24) is 10.2 Å². The van der Waals surface area contributed by atoms with Gasteiger partial charge in [0.25, 0.3) is 5.91 Å². The van der Waals surface area contributed by atoms with E-state index in [1.165, 1.54) is 0 Å². The van der Waals surface area contributed by atoms with E-state index in [9.17, 15) is 9.59 Å². The Morgan fingerprint density at radius 2 is 2.21 bits per heavy atom. The Kier molecular flexibility index (Phi) is 8.81. The van der Waals surface area contributed by atoms with Crippen molar-refractivity contribution in [1.29, 1.82) is 0 Å². The van der Waals surface area contributed by atoms with Crippen LogP contribution >= 0.6 is 12.4 Å². The van der Waals surface area contributed by atoms with Gasteiger partial charge in [0, 0.05) is 39.2 Å². The number of likely N-dealkylation sites (tertiary alicyclic amines) is 1.